The SMILES string of the molecule is O[C@@H](c1ccncc1)C1CC1. The topological polar surface area (TPSA) is 33.1 Å². The Morgan fingerprint density at radius 1 is 1.36 bits per heavy atom. The van der Waals surface area contributed by atoms with E-state index in [1.165, 1.54) is 12.8 Å². The van der Waals surface area contributed by atoms with Crippen molar-refractivity contribution in [3.63, 3.8) is 0 Å². The molecule has 2 rings (SSSR count). The lowest BCUT2D eigenvalue weighted by atomic mass is 10.1. The largest absolute Gasteiger partial charge is 0.388 e. The number of nitrogens with zero attached hydrogens (tertiary/aromatic N) is 1. The molecule has 1 aliphatic rings. The molecule has 2 nitrogen and oxygen atoms in total. The van der Waals surface area contributed by atoms with Crippen molar-refractivity contribution in [2.75, 3.05) is 0 Å². The van der Waals surface area contributed by atoms with E-state index < -0.39 is 0 Å². The van der Waals surface area contributed by atoms with Crippen LogP contribution in [0.1, 0.15) is 24.5 Å². The molecule has 0 aliphatic heterocycles. The van der Waals surface area contributed by atoms with Crippen LogP contribution in [0.5, 0.6) is 0 Å². The minimum Gasteiger partial charge on any atom is -0.388 e. The van der Waals surface area contributed by atoms with Gasteiger partial charge in [-0.15, -0.1) is 0 Å². The molecule has 58 valence electrons. The molecule has 1 aromatic heterocycles. The maximum Gasteiger partial charge on any atom is 0.0819 e. The minimum absolute atomic E-state index is 0.252. The van der Waals surface area contributed by atoms with E-state index in [-0.39, 0.29) is 6.10 Å². The molecule has 0 unspecified atom stereocenters. The third kappa shape index (κ3) is 1.40. The summed E-state index contributed by atoms with van der Waals surface area (Å²) in [7, 11) is 0. The van der Waals surface area contributed by atoms with Crippen molar-refractivity contribution in [2.24, 2.45) is 5.92 Å². The summed E-state index contributed by atoms with van der Waals surface area (Å²) in [6.07, 6.45) is 5.53. The third-order valence-corrected chi connectivity index (χ3v) is 2.12. The summed E-state index contributed by atoms with van der Waals surface area (Å²) in [6.45, 7) is 0. The second-order valence-corrected chi connectivity index (χ2v) is 3.06. The first-order chi connectivity index (χ1) is 5.38. The summed E-state index contributed by atoms with van der Waals surface area (Å²) in [5, 5.41) is 9.63. The summed E-state index contributed by atoms with van der Waals surface area (Å²) < 4.78 is 0. The predicted octanol–water partition coefficient (Wildman–Crippen LogP) is 1.52. The summed E-state index contributed by atoms with van der Waals surface area (Å²) >= 11 is 0. The Bertz CT molecular complexity index is 231. The van der Waals surface area contributed by atoms with Gasteiger partial charge in [0.1, 0.15) is 0 Å². The van der Waals surface area contributed by atoms with Gasteiger partial charge in [0.2, 0.25) is 0 Å². The molecule has 1 heterocycles. The Hall–Kier alpha value is -0.890. The lowest BCUT2D eigenvalue weighted by molar-refractivity contribution is 0.153. The van der Waals surface area contributed by atoms with Crippen LogP contribution in [0, 0.1) is 5.92 Å². The fourth-order valence-electron chi connectivity index (χ4n) is 1.24. The average Bonchev–Trinajstić information content (AvgIpc) is 2.87. The van der Waals surface area contributed by atoms with Gasteiger partial charge < -0.3 is 5.11 Å². The Labute approximate surface area is 65.9 Å². The van der Waals surface area contributed by atoms with Crippen LogP contribution < -0.4 is 0 Å². The highest BCUT2D eigenvalue weighted by atomic mass is 16.3. The van der Waals surface area contributed by atoms with Gasteiger partial charge in [-0.05, 0) is 36.5 Å². The second kappa shape index (κ2) is 2.62. The van der Waals surface area contributed by atoms with Crippen molar-refractivity contribution in [3.05, 3.63) is 30.1 Å². The number of aromatic nitrogens is 1. The molecule has 11 heavy (non-hydrogen) atoms. The van der Waals surface area contributed by atoms with Crippen molar-refractivity contribution >= 4 is 0 Å². The van der Waals surface area contributed by atoms with Gasteiger partial charge in [0.15, 0.2) is 0 Å². The molecule has 0 bridgehead atoms. The number of aliphatic hydroxyl groups excluding tert-OH is 1. The van der Waals surface area contributed by atoms with E-state index >= 15 is 0 Å². The summed E-state index contributed by atoms with van der Waals surface area (Å²) in [5.74, 6) is 0.511. The van der Waals surface area contributed by atoms with E-state index in [1.54, 1.807) is 12.4 Å². The molecular formula is C9H11NO. The predicted molar refractivity (Wildman–Crippen MR) is 41.9 cm³/mol. The molecule has 2 heteroatoms. The van der Waals surface area contributed by atoms with Crippen LogP contribution in [0.4, 0.5) is 0 Å². The van der Waals surface area contributed by atoms with Crippen LogP contribution >= 0.6 is 0 Å². The smallest absolute Gasteiger partial charge is 0.0819 e. The Morgan fingerprint density at radius 2 is 2.00 bits per heavy atom. The molecule has 1 fully saturated rings. The Morgan fingerprint density at radius 3 is 2.55 bits per heavy atom. The second-order valence-electron chi connectivity index (χ2n) is 3.06. The van der Waals surface area contributed by atoms with E-state index in [0.29, 0.717) is 5.92 Å². The Balaban J connectivity index is 2.15. The van der Waals surface area contributed by atoms with Gasteiger partial charge in [0, 0.05) is 12.4 Å². The number of hydrogen-bond acceptors (Lipinski definition) is 2. The molecule has 0 amide bonds. The van der Waals surface area contributed by atoms with Crippen molar-refractivity contribution in [1.82, 2.24) is 4.98 Å². The van der Waals surface area contributed by atoms with Crippen molar-refractivity contribution in [3.8, 4) is 0 Å². The first-order valence-corrected chi connectivity index (χ1v) is 3.96. The highest BCUT2D eigenvalue weighted by Gasteiger charge is 2.30. The van der Waals surface area contributed by atoms with Crippen molar-refractivity contribution in [2.45, 2.75) is 18.9 Å². The van der Waals surface area contributed by atoms with Gasteiger partial charge in [-0.2, -0.15) is 0 Å². The van der Waals surface area contributed by atoms with Crippen LogP contribution in [-0.2, 0) is 0 Å². The summed E-state index contributed by atoms with van der Waals surface area (Å²) in [4.78, 5) is 3.90. The molecule has 1 N–H and O–H groups in total. The lowest BCUT2D eigenvalue weighted by Crippen LogP contribution is -1.98. The maximum atomic E-state index is 9.63. The van der Waals surface area contributed by atoms with Crippen LogP contribution in [0.25, 0.3) is 0 Å². The first-order valence-electron chi connectivity index (χ1n) is 3.96. The molecule has 1 saturated carbocycles. The zero-order valence-electron chi connectivity index (χ0n) is 6.27. The van der Waals surface area contributed by atoms with Gasteiger partial charge in [0.25, 0.3) is 0 Å². The standard InChI is InChI=1S/C9H11NO/c11-9(7-1-2-7)8-3-5-10-6-4-8/h3-7,9,11H,1-2H2/t9-/m1/s1. The Kier molecular flexibility index (Phi) is 1.62. The van der Waals surface area contributed by atoms with Crippen LogP contribution in [0.15, 0.2) is 24.5 Å². The van der Waals surface area contributed by atoms with Crippen molar-refractivity contribution in [1.29, 1.82) is 0 Å². The van der Waals surface area contributed by atoms with E-state index in [0.717, 1.165) is 5.56 Å². The first kappa shape index (κ1) is 6.80. The van der Waals surface area contributed by atoms with Gasteiger partial charge in [-0.3, -0.25) is 4.98 Å². The number of aliphatic hydroxyl groups is 1. The minimum atomic E-state index is -0.252. The molecule has 1 aromatic rings. The fourth-order valence-corrected chi connectivity index (χ4v) is 1.24. The van der Waals surface area contributed by atoms with Crippen LogP contribution in [0.2, 0.25) is 0 Å². The normalized spacial score (nSPS) is 19.7. The molecule has 1 atom stereocenters. The highest BCUT2D eigenvalue weighted by molar-refractivity contribution is 5.15. The zero-order chi connectivity index (χ0) is 7.68. The molecule has 0 aromatic carbocycles. The summed E-state index contributed by atoms with van der Waals surface area (Å²) in [6, 6.07) is 3.76. The lowest BCUT2D eigenvalue weighted by Gasteiger charge is -2.07. The van der Waals surface area contributed by atoms with E-state index in [1.807, 2.05) is 12.1 Å². The molecule has 0 radical (unpaired) electrons. The van der Waals surface area contributed by atoms with Gasteiger partial charge in [-0.1, -0.05) is 0 Å². The highest BCUT2D eigenvalue weighted by Crippen LogP contribution is 2.40. The number of rotatable bonds is 2. The van der Waals surface area contributed by atoms with E-state index in [4.69, 9.17) is 0 Å². The molecule has 0 saturated heterocycles. The van der Waals surface area contributed by atoms with E-state index in [9.17, 15) is 5.11 Å². The molecular weight excluding hydrogens is 138 g/mol. The molecule has 1 aliphatic carbocycles. The monoisotopic (exact) mass is 149 g/mol. The number of pyridine rings is 1. The van der Waals surface area contributed by atoms with E-state index in [2.05, 4.69) is 4.98 Å². The van der Waals surface area contributed by atoms with Gasteiger partial charge in [0.05, 0.1) is 6.10 Å². The quantitative estimate of drug-likeness (QED) is 0.691. The number of hydrogen-bond donors (Lipinski definition) is 1. The van der Waals surface area contributed by atoms with Gasteiger partial charge in [-0.25, -0.2) is 0 Å². The van der Waals surface area contributed by atoms with Gasteiger partial charge >= 0.3 is 0 Å². The van der Waals surface area contributed by atoms with Crippen LogP contribution in [-0.4, -0.2) is 10.1 Å². The molecule has 0 spiro atoms. The zero-order valence-corrected chi connectivity index (χ0v) is 6.27. The maximum absolute atomic E-state index is 9.63. The van der Waals surface area contributed by atoms with Crippen LogP contribution in [0.3, 0.4) is 0 Å². The fraction of sp³-hybridized carbons (Fsp3) is 0.444. The summed E-state index contributed by atoms with van der Waals surface area (Å²) in [5.41, 5.74) is 1.00. The van der Waals surface area contributed by atoms with Crippen molar-refractivity contribution < 1.29 is 5.11 Å². The third-order valence-electron chi connectivity index (χ3n) is 2.12. The average molecular weight is 149 g/mol.